The predicted octanol–water partition coefficient (Wildman–Crippen LogP) is 6.03. The zero-order chi connectivity index (χ0) is 22.5. The van der Waals surface area contributed by atoms with Gasteiger partial charge in [-0.2, -0.15) is 9.61 Å². The van der Waals surface area contributed by atoms with E-state index in [1.165, 1.54) is 29.0 Å². The summed E-state index contributed by atoms with van der Waals surface area (Å²) in [6, 6.07) is 12.5. The van der Waals surface area contributed by atoms with E-state index in [1.54, 1.807) is 11.8 Å². The molecule has 6 rings (SSSR count). The molecule has 5 nitrogen and oxygen atoms in total. The molecule has 166 valence electrons. The van der Waals surface area contributed by atoms with E-state index in [2.05, 4.69) is 53.5 Å². The number of aromatic nitrogens is 4. The average molecular weight is 440 g/mol. The van der Waals surface area contributed by atoms with Crippen LogP contribution in [0.2, 0.25) is 0 Å². The fourth-order valence-corrected chi connectivity index (χ4v) is 5.21. The largest absolute Gasteiger partial charge is 0.367 e. The highest BCUT2D eigenvalue weighted by molar-refractivity contribution is 5.78. The van der Waals surface area contributed by atoms with Crippen molar-refractivity contribution in [3.63, 3.8) is 0 Å². The highest BCUT2D eigenvalue weighted by atomic mass is 19.1. The molecule has 0 radical (unpaired) electrons. The van der Waals surface area contributed by atoms with Crippen molar-refractivity contribution in [1.29, 1.82) is 0 Å². The van der Waals surface area contributed by atoms with E-state index in [9.17, 15) is 4.39 Å². The lowest BCUT2D eigenvalue weighted by Crippen LogP contribution is -2.24. The standard InChI is InChI=1S/C27H26FN5/c1-16(2)24-15-30-33-26(12-25(32-27(24)33)19-10-20(28)14-29-13-19)31-21-8-7-18-9-17-5-3-4-6-22(17)23(18)11-21/h3-6,10,12-16,21,31H,7-9,11H2,1-2H3/t21-/m0/s1. The summed E-state index contributed by atoms with van der Waals surface area (Å²) in [4.78, 5) is 8.87. The molecule has 0 unspecified atom stereocenters. The summed E-state index contributed by atoms with van der Waals surface area (Å²) < 4.78 is 15.8. The summed E-state index contributed by atoms with van der Waals surface area (Å²) in [5, 5.41) is 8.41. The number of fused-ring (bicyclic) bond motifs is 3. The van der Waals surface area contributed by atoms with Gasteiger partial charge < -0.3 is 5.32 Å². The molecule has 3 heterocycles. The van der Waals surface area contributed by atoms with Crippen LogP contribution in [0.1, 0.15) is 55.7 Å². The van der Waals surface area contributed by atoms with Gasteiger partial charge in [0.1, 0.15) is 11.6 Å². The first-order valence-corrected chi connectivity index (χ1v) is 11.6. The zero-order valence-corrected chi connectivity index (χ0v) is 18.8. The Morgan fingerprint density at radius 1 is 1.12 bits per heavy atom. The molecule has 0 fully saturated rings. The maximum Gasteiger partial charge on any atom is 0.161 e. The third-order valence-corrected chi connectivity index (χ3v) is 6.89. The van der Waals surface area contributed by atoms with Gasteiger partial charge in [0.25, 0.3) is 0 Å². The third kappa shape index (κ3) is 3.50. The van der Waals surface area contributed by atoms with Crippen LogP contribution in [0.25, 0.3) is 22.5 Å². The number of rotatable bonds is 4. The van der Waals surface area contributed by atoms with Crippen molar-refractivity contribution < 1.29 is 4.39 Å². The van der Waals surface area contributed by atoms with Crippen LogP contribution in [-0.4, -0.2) is 25.6 Å². The van der Waals surface area contributed by atoms with Crippen LogP contribution in [0, 0.1) is 5.82 Å². The Hall–Kier alpha value is -3.54. The molecule has 0 saturated heterocycles. The van der Waals surface area contributed by atoms with Gasteiger partial charge in [0, 0.05) is 29.4 Å². The first-order chi connectivity index (χ1) is 16.1. The Kier molecular flexibility index (Phi) is 4.75. The van der Waals surface area contributed by atoms with Crippen molar-refractivity contribution in [1.82, 2.24) is 19.6 Å². The topological polar surface area (TPSA) is 55.1 Å². The number of nitrogens with zero attached hydrogens (tertiary/aromatic N) is 4. The fraction of sp³-hybridized carbons (Fsp3) is 0.296. The summed E-state index contributed by atoms with van der Waals surface area (Å²) in [6.45, 7) is 4.27. The van der Waals surface area contributed by atoms with E-state index in [-0.39, 0.29) is 11.7 Å². The molecule has 0 bridgehead atoms. The molecule has 6 heteroatoms. The minimum atomic E-state index is -0.368. The van der Waals surface area contributed by atoms with Crippen LogP contribution in [0.15, 0.2) is 60.6 Å². The number of hydrogen-bond acceptors (Lipinski definition) is 4. The SMILES string of the molecule is CC(C)c1cnn2c(N[C@H]3CCC4=C(C3)c3ccccc3C4)cc(-c3cncc(F)c3)nc12. The van der Waals surface area contributed by atoms with Crippen molar-refractivity contribution in [2.45, 2.75) is 51.5 Å². The van der Waals surface area contributed by atoms with E-state index < -0.39 is 0 Å². The highest BCUT2D eigenvalue weighted by Crippen LogP contribution is 2.42. The number of benzene rings is 1. The number of halogens is 1. The first kappa shape index (κ1) is 20.1. The quantitative estimate of drug-likeness (QED) is 0.422. The Morgan fingerprint density at radius 3 is 2.85 bits per heavy atom. The van der Waals surface area contributed by atoms with E-state index in [4.69, 9.17) is 4.98 Å². The molecular weight excluding hydrogens is 413 g/mol. The van der Waals surface area contributed by atoms with Crippen molar-refractivity contribution in [2.75, 3.05) is 5.32 Å². The summed E-state index contributed by atoms with van der Waals surface area (Å²) in [5.41, 5.74) is 9.17. The molecule has 0 aliphatic heterocycles. The number of nitrogens with one attached hydrogen (secondary N) is 1. The summed E-state index contributed by atoms with van der Waals surface area (Å²) in [7, 11) is 0. The van der Waals surface area contributed by atoms with Crippen molar-refractivity contribution >= 4 is 17.0 Å². The van der Waals surface area contributed by atoms with Crippen LogP contribution in [0.3, 0.4) is 0 Å². The molecule has 2 aliphatic carbocycles. The fourth-order valence-electron chi connectivity index (χ4n) is 5.21. The molecular formula is C27H26FN5. The van der Waals surface area contributed by atoms with Crippen LogP contribution in [0.4, 0.5) is 10.2 Å². The number of pyridine rings is 1. The smallest absolute Gasteiger partial charge is 0.161 e. The average Bonchev–Trinajstić information content (AvgIpc) is 3.41. The van der Waals surface area contributed by atoms with Gasteiger partial charge in [0.2, 0.25) is 0 Å². The molecule has 0 amide bonds. The van der Waals surface area contributed by atoms with Gasteiger partial charge in [-0.3, -0.25) is 4.98 Å². The Bertz CT molecular complexity index is 1400. The minimum Gasteiger partial charge on any atom is -0.367 e. The number of anilines is 1. The normalized spacial score (nSPS) is 17.5. The van der Waals surface area contributed by atoms with Crippen LogP contribution in [0.5, 0.6) is 0 Å². The lowest BCUT2D eigenvalue weighted by atomic mass is 9.88. The molecule has 2 aliphatic rings. The monoisotopic (exact) mass is 439 g/mol. The molecule has 1 aromatic carbocycles. The first-order valence-electron chi connectivity index (χ1n) is 11.6. The van der Waals surface area contributed by atoms with Crippen LogP contribution >= 0.6 is 0 Å². The van der Waals surface area contributed by atoms with Crippen LogP contribution in [-0.2, 0) is 6.42 Å². The second-order valence-corrected chi connectivity index (χ2v) is 9.41. The number of allylic oxidation sites excluding steroid dienone is 1. The summed E-state index contributed by atoms with van der Waals surface area (Å²) >= 11 is 0. The molecule has 1 atom stereocenters. The zero-order valence-electron chi connectivity index (χ0n) is 18.8. The Balaban J connectivity index is 1.38. The molecule has 1 N–H and O–H groups in total. The minimum absolute atomic E-state index is 0.279. The van der Waals surface area contributed by atoms with E-state index in [1.807, 2.05) is 16.8 Å². The molecule has 0 saturated carbocycles. The van der Waals surface area contributed by atoms with E-state index in [0.29, 0.717) is 17.3 Å². The molecule has 3 aromatic heterocycles. The van der Waals surface area contributed by atoms with Crippen molar-refractivity contribution in [3.8, 4) is 11.3 Å². The van der Waals surface area contributed by atoms with Crippen LogP contribution < -0.4 is 5.32 Å². The molecule has 4 aromatic rings. The van der Waals surface area contributed by atoms with Gasteiger partial charge in [-0.05, 0) is 54.4 Å². The molecule has 33 heavy (non-hydrogen) atoms. The van der Waals surface area contributed by atoms with Gasteiger partial charge >= 0.3 is 0 Å². The summed E-state index contributed by atoms with van der Waals surface area (Å²) in [6.07, 6.45) is 9.02. The van der Waals surface area contributed by atoms with Gasteiger partial charge in [0.15, 0.2) is 5.65 Å². The van der Waals surface area contributed by atoms with Crippen molar-refractivity contribution in [2.24, 2.45) is 0 Å². The lowest BCUT2D eigenvalue weighted by Gasteiger charge is -2.26. The lowest BCUT2D eigenvalue weighted by molar-refractivity contribution is 0.622. The maximum atomic E-state index is 13.9. The van der Waals surface area contributed by atoms with Gasteiger partial charge in [-0.1, -0.05) is 43.7 Å². The van der Waals surface area contributed by atoms with Gasteiger partial charge in [-0.25, -0.2) is 9.37 Å². The predicted molar refractivity (Wildman–Crippen MR) is 129 cm³/mol. The van der Waals surface area contributed by atoms with Gasteiger partial charge in [0.05, 0.1) is 18.1 Å². The summed E-state index contributed by atoms with van der Waals surface area (Å²) in [5.74, 6) is 0.792. The second kappa shape index (κ2) is 7.80. The second-order valence-electron chi connectivity index (χ2n) is 9.41. The van der Waals surface area contributed by atoms with E-state index in [0.717, 1.165) is 42.7 Å². The molecule has 0 spiro atoms. The van der Waals surface area contributed by atoms with Gasteiger partial charge in [-0.15, -0.1) is 0 Å². The highest BCUT2D eigenvalue weighted by Gasteiger charge is 2.28. The maximum absolute atomic E-state index is 13.9. The Labute approximate surface area is 192 Å². The Morgan fingerprint density at radius 2 is 2.00 bits per heavy atom. The number of hydrogen-bond donors (Lipinski definition) is 1. The van der Waals surface area contributed by atoms with Crippen molar-refractivity contribution in [3.05, 3.63) is 83.1 Å². The van der Waals surface area contributed by atoms with E-state index >= 15 is 0 Å². The third-order valence-electron chi connectivity index (χ3n) is 6.89.